The highest BCUT2D eigenvalue weighted by Crippen LogP contribution is 2.10. The lowest BCUT2D eigenvalue weighted by Gasteiger charge is -2.39. The zero-order valence-corrected chi connectivity index (χ0v) is 11.3. The third-order valence-electron chi connectivity index (χ3n) is 4.02. The normalized spacial score (nSPS) is 28.1. The molecular formula is C13H24N4O. The molecule has 5 nitrogen and oxygen atoms in total. The van der Waals surface area contributed by atoms with Gasteiger partial charge >= 0.3 is 0 Å². The molecule has 18 heavy (non-hydrogen) atoms. The van der Waals surface area contributed by atoms with Gasteiger partial charge in [0.25, 0.3) is 0 Å². The fraction of sp³-hybridized carbons (Fsp3) is 0.923. The molecule has 0 aromatic rings. The molecule has 0 aromatic carbocycles. The lowest BCUT2D eigenvalue weighted by atomic mass is 10.1. The molecule has 0 N–H and O–H groups in total. The SMILES string of the molecule is CN1CCN(CCN2CCOCC2)CC1CC#N. The topological polar surface area (TPSA) is 42.7 Å². The maximum absolute atomic E-state index is 8.84. The molecule has 1 atom stereocenters. The van der Waals surface area contributed by atoms with Gasteiger partial charge in [0.2, 0.25) is 0 Å². The van der Waals surface area contributed by atoms with Crippen LogP contribution in [0.25, 0.3) is 0 Å². The summed E-state index contributed by atoms with van der Waals surface area (Å²) in [6.07, 6.45) is 0.643. The lowest BCUT2D eigenvalue weighted by Crippen LogP contribution is -2.53. The summed E-state index contributed by atoms with van der Waals surface area (Å²) < 4.78 is 5.36. The zero-order chi connectivity index (χ0) is 12.8. The number of likely N-dealkylation sites (N-methyl/N-ethyl adjacent to an activating group) is 1. The van der Waals surface area contributed by atoms with Crippen LogP contribution in [-0.4, -0.2) is 86.8 Å². The Morgan fingerprint density at radius 3 is 2.56 bits per heavy atom. The van der Waals surface area contributed by atoms with Crippen LogP contribution in [0.1, 0.15) is 6.42 Å². The Morgan fingerprint density at radius 2 is 1.83 bits per heavy atom. The molecular weight excluding hydrogens is 228 g/mol. The molecule has 0 aromatic heterocycles. The fourth-order valence-electron chi connectivity index (χ4n) is 2.65. The van der Waals surface area contributed by atoms with Gasteiger partial charge in [-0.05, 0) is 7.05 Å². The van der Waals surface area contributed by atoms with Gasteiger partial charge in [-0.15, -0.1) is 0 Å². The maximum atomic E-state index is 8.84. The quantitative estimate of drug-likeness (QED) is 0.696. The minimum atomic E-state index is 0.411. The largest absolute Gasteiger partial charge is 0.379 e. The summed E-state index contributed by atoms with van der Waals surface area (Å²) in [4.78, 5) is 7.28. The molecule has 5 heteroatoms. The van der Waals surface area contributed by atoms with E-state index < -0.39 is 0 Å². The molecule has 2 rings (SSSR count). The van der Waals surface area contributed by atoms with Gasteiger partial charge in [-0.1, -0.05) is 0 Å². The van der Waals surface area contributed by atoms with E-state index in [0.29, 0.717) is 12.5 Å². The molecule has 0 spiro atoms. The van der Waals surface area contributed by atoms with Crippen LogP contribution in [0.15, 0.2) is 0 Å². The Morgan fingerprint density at radius 1 is 1.11 bits per heavy atom. The van der Waals surface area contributed by atoms with Gasteiger partial charge in [0.15, 0.2) is 0 Å². The number of nitriles is 1. The van der Waals surface area contributed by atoms with Crippen molar-refractivity contribution in [2.45, 2.75) is 12.5 Å². The summed E-state index contributed by atoms with van der Waals surface area (Å²) in [5, 5.41) is 8.84. The Labute approximate surface area is 110 Å². The Hall–Kier alpha value is -0.670. The van der Waals surface area contributed by atoms with E-state index in [4.69, 9.17) is 10.00 Å². The van der Waals surface area contributed by atoms with E-state index in [1.165, 1.54) is 0 Å². The average molecular weight is 252 g/mol. The standard InChI is InChI=1S/C13H24N4O/c1-15-4-5-17(12-13(15)2-3-14)7-6-16-8-10-18-11-9-16/h13H,2,4-12H2,1H3. The summed E-state index contributed by atoms with van der Waals surface area (Å²) in [6, 6.07) is 2.71. The molecule has 0 aliphatic carbocycles. The first kappa shape index (κ1) is 13.8. The summed E-state index contributed by atoms with van der Waals surface area (Å²) >= 11 is 0. The summed E-state index contributed by atoms with van der Waals surface area (Å²) in [6.45, 7) is 9.37. The van der Waals surface area contributed by atoms with E-state index >= 15 is 0 Å². The zero-order valence-electron chi connectivity index (χ0n) is 11.3. The van der Waals surface area contributed by atoms with Crippen LogP contribution >= 0.6 is 0 Å². The van der Waals surface area contributed by atoms with Gasteiger partial charge < -0.3 is 4.74 Å². The number of ether oxygens (including phenoxy) is 1. The number of nitrogens with zero attached hydrogens (tertiary/aromatic N) is 4. The van der Waals surface area contributed by atoms with Crippen LogP contribution in [-0.2, 0) is 4.74 Å². The number of hydrogen-bond donors (Lipinski definition) is 0. The minimum absolute atomic E-state index is 0.411. The van der Waals surface area contributed by atoms with Crippen LogP contribution in [0.3, 0.4) is 0 Å². The van der Waals surface area contributed by atoms with Crippen molar-refractivity contribution in [3.8, 4) is 6.07 Å². The van der Waals surface area contributed by atoms with Crippen molar-refractivity contribution in [3.05, 3.63) is 0 Å². The van der Waals surface area contributed by atoms with E-state index in [9.17, 15) is 0 Å². The predicted octanol–water partition coefficient (Wildman–Crippen LogP) is -0.152. The first-order valence-electron chi connectivity index (χ1n) is 6.89. The molecule has 0 radical (unpaired) electrons. The molecule has 2 saturated heterocycles. The van der Waals surface area contributed by atoms with E-state index in [1.54, 1.807) is 0 Å². The molecule has 2 fully saturated rings. The second kappa shape index (κ2) is 7.05. The van der Waals surface area contributed by atoms with Gasteiger partial charge in [-0.3, -0.25) is 14.7 Å². The van der Waals surface area contributed by atoms with E-state index in [2.05, 4.69) is 27.8 Å². The van der Waals surface area contributed by atoms with Crippen molar-refractivity contribution in [1.82, 2.24) is 14.7 Å². The van der Waals surface area contributed by atoms with E-state index in [-0.39, 0.29) is 0 Å². The average Bonchev–Trinajstić information content (AvgIpc) is 2.41. The summed E-state index contributed by atoms with van der Waals surface area (Å²) in [7, 11) is 2.13. The maximum Gasteiger partial charge on any atom is 0.0638 e. The van der Waals surface area contributed by atoms with Gasteiger partial charge in [0, 0.05) is 51.9 Å². The second-order valence-corrected chi connectivity index (χ2v) is 5.25. The number of rotatable bonds is 4. The first-order valence-corrected chi connectivity index (χ1v) is 6.89. The highest BCUT2D eigenvalue weighted by atomic mass is 16.5. The molecule has 2 aliphatic rings. The van der Waals surface area contributed by atoms with E-state index in [0.717, 1.165) is 59.0 Å². The van der Waals surface area contributed by atoms with Crippen molar-refractivity contribution >= 4 is 0 Å². The molecule has 0 amide bonds. The smallest absolute Gasteiger partial charge is 0.0638 e. The van der Waals surface area contributed by atoms with Crippen molar-refractivity contribution in [1.29, 1.82) is 5.26 Å². The molecule has 102 valence electrons. The number of morpholine rings is 1. The monoisotopic (exact) mass is 252 g/mol. The van der Waals surface area contributed by atoms with Gasteiger partial charge in [0.1, 0.15) is 0 Å². The highest BCUT2D eigenvalue weighted by molar-refractivity contribution is 4.87. The van der Waals surface area contributed by atoms with E-state index in [1.807, 2.05) is 0 Å². The Bertz CT molecular complexity index is 285. The van der Waals surface area contributed by atoms with Crippen LogP contribution in [0.2, 0.25) is 0 Å². The second-order valence-electron chi connectivity index (χ2n) is 5.25. The predicted molar refractivity (Wildman–Crippen MR) is 70.3 cm³/mol. The highest BCUT2D eigenvalue weighted by Gasteiger charge is 2.24. The van der Waals surface area contributed by atoms with Gasteiger partial charge in [-0.25, -0.2) is 0 Å². The van der Waals surface area contributed by atoms with Gasteiger partial charge in [-0.2, -0.15) is 5.26 Å². The van der Waals surface area contributed by atoms with Crippen LogP contribution in [0.5, 0.6) is 0 Å². The Balaban J connectivity index is 1.71. The molecule has 2 heterocycles. The van der Waals surface area contributed by atoms with Crippen LogP contribution in [0, 0.1) is 11.3 Å². The summed E-state index contributed by atoms with van der Waals surface area (Å²) in [5.74, 6) is 0. The first-order chi connectivity index (χ1) is 8.79. The molecule has 1 unspecified atom stereocenters. The van der Waals surface area contributed by atoms with Gasteiger partial charge in [0.05, 0.1) is 25.7 Å². The lowest BCUT2D eigenvalue weighted by molar-refractivity contribution is 0.0269. The summed E-state index contributed by atoms with van der Waals surface area (Å²) in [5.41, 5.74) is 0. The van der Waals surface area contributed by atoms with Crippen molar-refractivity contribution < 1.29 is 4.74 Å². The number of hydrogen-bond acceptors (Lipinski definition) is 5. The van der Waals surface area contributed by atoms with Crippen LogP contribution in [0.4, 0.5) is 0 Å². The third-order valence-corrected chi connectivity index (χ3v) is 4.02. The molecule has 2 aliphatic heterocycles. The van der Waals surface area contributed by atoms with Crippen molar-refractivity contribution in [2.24, 2.45) is 0 Å². The minimum Gasteiger partial charge on any atom is -0.379 e. The molecule has 0 bridgehead atoms. The Kier molecular flexibility index (Phi) is 5.39. The van der Waals surface area contributed by atoms with Crippen molar-refractivity contribution in [2.75, 3.05) is 66.1 Å². The number of piperazine rings is 1. The fourth-order valence-corrected chi connectivity index (χ4v) is 2.65. The third kappa shape index (κ3) is 3.92. The van der Waals surface area contributed by atoms with Crippen molar-refractivity contribution in [3.63, 3.8) is 0 Å². The molecule has 0 saturated carbocycles. The van der Waals surface area contributed by atoms with Crippen LogP contribution < -0.4 is 0 Å².